The van der Waals surface area contributed by atoms with Crippen LogP contribution in [0.5, 0.6) is 0 Å². The highest BCUT2D eigenvalue weighted by atomic mass is 16.5. The lowest BCUT2D eigenvalue weighted by Gasteiger charge is -2.32. The van der Waals surface area contributed by atoms with Crippen LogP contribution in [0.3, 0.4) is 0 Å². The molecule has 0 radical (unpaired) electrons. The Kier molecular flexibility index (Phi) is 6.44. The van der Waals surface area contributed by atoms with Crippen molar-refractivity contribution in [3.8, 4) is 0 Å². The predicted molar refractivity (Wildman–Crippen MR) is 106 cm³/mol. The molecule has 0 unspecified atom stereocenters. The average molecular weight is 385 g/mol. The summed E-state index contributed by atoms with van der Waals surface area (Å²) < 4.78 is 5.31. The van der Waals surface area contributed by atoms with Crippen molar-refractivity contribution < 1.29 is 14.3 Å². The number of amides is 1. The van der Waals surface area contributed by atoms with Crippen molar-refractivity contribution in [2.24, 2.45) is 0 Å². The third-order valence-electron chi connectivity index (χ3n) is 5.35. The number of ether oxygens (including phenoxy) is 1. The van der Waals surface area contributed by atoms with Gasteiger partial charge >= 0.3 is 5.97 Å². The van der Waals surface area contributed by atoms with Gasteiger partial charge in [-0.1, -0.05) is 31.4 Å². The zero-order chi connectivity index (χ0) is 20.1. The number of hydrogen-bond donors (Lipinski definition) is 1. The van der Waals surface area contributed by atoms with Crippen molar-refractivity contribution in [2.45, 2.75) is 64.0 Å². The van der Waals surface area contributed by atoms with Crippen LogP contribution in [-0.4, -0.2) is 45.9 Å². The van der Waals surface area contributed by atoms with Gasteiger partial charge in [-0.05, 0) is 31.9 Å². The molecule has 0 saturated heterocycles. The number of para-hydroxylation sites is 1. The third kappa shape index (κ3) is 4.77. The molecule has 7 heteroatoms. The van der Waals surface area contributed by atoms with Gasteiger partial charge in [-0.25, -0.2) is 4.98 Å². The summed E-state index contributed by atoms with van der Waals surface area (Å²) in [4.78, 5) is 45.6. The predicted octanol–water partition coefficient (Wildman–Crippen LogP) is 2.58. The summed E-state index contributed by atoms with van der Waals surface area (Å²) in [6.45, 7) is 1.61. The van der Waals surface area contributed by atoms with E-state index in [4.69, 9.17) is 4.74 Å². The average Bonchev–Trinajstić information content (AvgIpc) is 2.72. The lowest BCUT2D eigenvalue weighted by atomic mass is 9.94. The first-order valence-electron chi connectivity index (χ1n) is 9.90. The molecule has 150 valence electrons. The fourth-order valence-corrected chi connectivity index (χ4v) is 3.72. The van der Waals surface area contributed by atoms with E-state index in [1.54, 1.807) is 37.1 Å². The molecular weight excluding hydrogens is 358 g/mol. The van der Waals surface area contributed by atoms with Crippen molar-refractivity contribution >= 4 is 22.8 Å². The number of hydrogen-bond acceptors (Lipinski definition) is 5. The molecule has 0 bridgehead atoms. The van der Waals surface area contributed by atoms with Gasteiger partial charge in [0.2, 0.25) is 0 Å². The molecule has 1 fully saturated rings. The van der Waals surface area contributed by atoms with Gasteiger partial charge in [-0.2, -0.15) is 0 Å². The van der Waals surface area contributed by atoms with E-state index >= 15 is 0 Å². The van der Waals surface area contributed by atoms with E-state index in [1.807, 2.05) is 6.07 Å². The highest BCUT2D eigenvalue weighted by Gasteiger charge is 2.27. The van der Waals surface area contributed by atoms with Crippen LogP contribution in [-0.2, 0) is 20.7 Å². The Labute approximate surface area is 164 Å². The minimum Gasteiger partial charge on any atom is -0.453 e. The molecule has 1 atom stereocenters. The lowest BCUT2D eigenvalue weighted by molar-refractivity contribution is -0.159. The van der Waals surface area contributed by atoms with Crippen LogP contribution in [0.4, 0.5) is 0 Å². The number of aromatic amines is 1. The Morgan fingerprint density at radius 2 is 1.96 bits per heavy atom. The summed E-state index contributed by atoms with van der Waals surface area (Å²) in [5.41, 5.74) is 0.360. The number of esters is 1. The van der Waals surface area contributed by atoms with Crippen molar-refractivity contribution in [2.75, 3.05) is 7.05 Å². The fourth-order valence-electron chi connectivity index (χ4n) is 3.72. The Hall–Kier alpha value is -2.70. The molecule has 1 heterocycles. The SMILES string of the molecule is C[C@H](OC(=O)CCc1nc2ccccc2c(=O)[nH]1)C(=O)N(C)C1CCCCC1. The second kappa shape index (κ2) is 8.99. The third-order valence-corrected chi connectivity index (χ3v) is 5.35. The molecular formula is C21H27N3O4. The maximum Gasteiger partial charge on any atom is 0.307 e. The molecule has 0 spiro atoms. The van der Waals surface area contributed by atoms with E-state index in [0.717, 1.165) is 25.7 Å². The topological polar surface area (TPSA) is 92.4 Å². The van der Waals surface area contributed by atoms with Crippen LogP contribution in [0.1, 0.15) is 51.3 Å². The van der Waals surface area contributed by atoms with Gasteiger partial charge in [0.25, 0.3) is 11.5 Å². The van der Waals surface area contributed by atoms with Crippen molar-refractivity contribution in [1.29, 1.82) is 0 Å². The van der Waals surface area contributed by atoms with Gasteiger partial charge in [0, 0.05) is 19.5 Å². The minimum atomic E-state index is -0.817. The maximum absolute atomic E-state index is 12.5. The monoisotopic (exact) mass is 385 g/mol. The summed E-state index contributed by atoms with van der Waals surface area (Å²) in [6, 6.07) is 7.28. The Morgan fingerprint density at radius 1 is 1.25 bits per heavy atom. The summed E-state index contributed by atoms with van der Waals surface area (Å²) in [7, 11) is 1.78. The van der Waals surface area contributed by atoms with Crippen LogP contribution in [0.25, 0.3) is 10.9 Å². The van der Waals surface area contributed by atoms with E-state index in [0.29, 0.717) is 16.7 Å². The minimum absolute atomic E-state index is 0.0477. The Morgan fingerprint density at radius 3 is 2.71 bits per heavy atom. The lowest BCUT2D eigenvalue weighted by Crippen LogP contribution is -2.44. The molecule has 0 aliphatic heterocycles. The highest BCUT2D eigenvalue weighted by Crippen LogP contribution is 2.22. The van der Waals surface area contributed by atoms with Gasteiger partial charge in [-0.15, -0.1) is 0 Å². The number of aryl methyl sites for hydroxylation is 1. The van der Waals surface area contributed by atoms with Crippen LogP contribution in [0.2, 0.25) is 0 Å². The fraction of sp³-hybridized carbons (Fsp3) is 0.524. The molecule has 1 amide bonds. The molecule has 7 nitrogen and oxygen atoms in total. The molecule has 28 heavy (non-hydrogen) atoms. The second-order valence-corrected chi connectivity index (χ2v) is 7.40. The number of fused-ring (bicyclic) bond motifs is 1. The molecule has 1 N–H and O–H groups in total. The van der Waals surface area contributed by atoms with Crippen molar-refractivity contribution in [1.82, 2.24) is 14.9 Å². The number of carbonyl (C=O) groups is 2. The van der Waals surface area contributed by atoms with E-state index in [1.165, 1.54) is 6.42 Å². The largest absolute Gasteiger partial charge is 0.453 e. The molecule has 1 aliphatic carbocycles. The number of likely N-dealkylation sites (N-methyl/N-ethyl adjacent to an activating group) is 1. The van der Waals surface area contributed by atoms with Gasteiger partial charge in [0.05, 0.1) is 17.3 Å². The summed E-state index contributed by atoms with van der Waals surface area (Å²) in [6.07, 6.45) is 4.97. The standard InChI is InChI=1S/C21H27N3O4/c1-14(21(27)24(2)15-8-4-3-5-9-15)28-19(25)13-12-18-22-17-11-7-6-10-16(17)20(26)23-18/h6-7,10-11,14-15H,3-5,8-9,12-13H2,1-2H3,(H,22,23,26)/t14-/m0/s1. The number of nitrogens with zero attached hydrogens (tertiary/aromatic N) is 2. The smallest absolute Gasteiger partial charge is 0.307 e. The zero-order valence-corrected chi connectivity index (χ0v) is 16.4. The number of aromatic nitrogens is 2. The van der Waals surface area contributed by atoms with Crippen LogP contribution in [0.15, 0.2) is 29.1 Å². The number of carbonyl (C=O) groups excluding carboxylic acids is 2. The van der Waals surface area contributed by atoms with E-state index in [2.05, 4.69) is 9.97 Å². The highest BCUT2D eigenvalue weighted by molar-refractivity contribution is 5.83. The van der Waals surface area contributed by atoms with Crippen LogP contribution in [0, 0.1) is 0 Å². The van der Waals surface area contributed by atoms with Crippen LogP contribution < -0.4 is 5.56 Å². The summed E-state index contributed by atoms with van der Waals surface area (Å²) in [5.74, 6) is -0.217. The quantitative estimate of drug-likeness (QED) is 0.772. The van der Waals surface area contributed by atoms with Gasteiger partial charge < -0.3 is 14.6 Å². The van der Waals surface area contributed by atoms with Crippen molar-refractivity contribution in [3.63, 3.8) is 0 Å². The van der Waals surface area contributed by atoms with Crippen LogP contribution >= 0.6 is 0 Å². The Balaban J connectivity index is 1.53. The normalized spacial score (nSPS) is 15.9. The van der Waals surface area contributed by atoms with Gasteiger partial charge in [0.15, 0.2) is 6.10 Å². The second-order valence-electron chi connectivity index (χ2n) is 7.40. The summed E-state index contributed by atoms with van der Waals surface area (Å²) in [5, 5.41) is 0.513. The molecule has 1 aromatic carbocycles. The molecule has 2 aromatic rings. The van der Waals surface area contributed by atoms with Gasteiger partial charge in [0.1, 0.15) is 5.82 Å². The molecule has 1 saturated carbocycles. The number of nitrogens with one attached hydrogen (secondary N) is 1. The Bertz CT molecular complexity index is 902. The number of H-pyrrole nitrogens is 1. The molecule has 1 aliphatic rings. The molecule has 1 aromatic heterocycles. The first kappa shape index (κ1) is 20.0. The van der Waals surface area contributed by atoms with Crippen molar-refractivity contribution in [3.05, 3.63) is 40.4 Å². The summed E-state index contributed by atoms with van der Waals surface area (Å²) >= 11 is 0. The first-order valence-corrected chi connectivity index (χ1v) is 9.90. The maximum atomic E-state index is 12.5. The van der Waals surface area contributed by atoms with E-state index in [-0.39, 0.29) is 30.3 Å². The zero-order valence-electron chi connectivity index (χ0n) is 16.4. The number of rotatable bonds is 6. The van der Waals surface area contributed by atoms with Gasteiger partial charge in [-0.3, -0.25) is 14.4 Å². The number of benzene rings is 1. The van der Waals surface area contributed by atoms with E-state index < -0.39 is 12.1 Å². The first-order chi connectivity index (χ1) is 13.5. The molecule has 3 rings (SSSR count). The van der Waals surface area contributed by atoms with E-state index in [9.17, 15) is 14.4 Å².